The van der Waals surface area contributed by atoms with Crippen LogP contribution < -0.4 is 9.41 Å². The molecule has 1 heterocycles. The van der Waals surface area contributed by atoms with Gasteiger partial charge in [0.2, 0.25) is 0 Å². The van der Waals surface area contributed by atoms with Crippen LogP contribution in [0, 0.1) is 6.92 Å². The molecule has 102 valence electrons. The molecule has 0 saturated heterocycles. The number of hydrogen-bond donors (Lipinski definition) is 0. The summed E-state index contributed by atoms with van der Waals surface area (Å²) in [6.07, 6.45) is -4.70. The standard InChI is InChI=1S/C10H6ClF3N2OS2/c1-5-4-6(17-10(12,13)14)2-3-7(5)15-9-8(11)16-19-18-9/h2-4H,1H3. The minimum absolute atomic E-state index is 0.276. The molecule has 0 saturated carbocycles. The summed E-state index contributed by atoms with van der Waals surface area (Å²) < 4.78 is 44.4. The minimum atomic E-state index is -4.70. The van der Waals surface area contributed by atoms with Crippen molar-refractivity contribution >= 4 is 38.2 Å². The summed E-state index contributed by atoms with van der Waals surface area (Å²) >= 11 is 5.80. The molecule has 1 aromatic carbocycles. The number of aryl methyl sites for hydroxylation is 1. The number of rotatable bonds is 2. The predicted octanol–water partition coefficient (Wildman–Crippen LogP) is 4.30. The molecule has 0 radical (unpaired) electrons. The Hall–Kier alpha value is -1.12. The highest BCUT2D eigenvalue weighted by molar-refractivity contribution is 7.66. The van der Waals surface area contributed by atoms with Crippen molar-refractivity contribution in [3.63, 3.8) is 0 Å². The van der Waals surface area contributed by atoms with Crippen LogP contribution in [0.15, 0.2) is 23.2 Å². The zero-order chi connectivity index (χ0) is 14.0. The minimum Gasteiger partial charge on any atom is -0.406 e. The van der Waals surface area contributed by atoms with Gasteiger partial charge in [0, 0.05) is 10.5 Å². The lowest BCUT2D eigenvalue weighted by atomic mass is 10.2. The number of halogens is 4. The highest BCUT2D eigenvalue weighted by atomic mass is 35.5. The largest absolute Gasteiger partial charge is 0.573 e. The Morgan fingerprint density at radius 3 is 2.63 bits per heavy atom. The molecular weight excluding hydrogens is 321 g/mol. The first kappa shape index (κ1) is 14.3. The van der Waals surface area contributed by atoms with Gasteiger partial charge < -0.3 is 4.74 Å². The summed E-state index contributed by atoms with van der Waals surface area (Å²) in [6, 6.07) is 3.92. The van der Waals surface area contributed by atoms with Gasteiger partial charge in [-0.15, -0.1) is 13.2 Å². The van der Waals surface area contributed by atoms with E-state index in [1.165, 1.54) is 39.1 Å². The van der Waals surface area contributed by atoms with E-state index in [9.17, 15) is 13.2 Å². The van der Waals surface area contributed by atoms with Gasteiger partial charge in [0.05, 0.1) is 5.69 Å². The van der Waals surface area contributed by atoms with Crippen LogP contribution in [0.2, 0.25) is 5.15 Å². The SMILES string of the molecule is Cc1cc(OC(F)(F)F)ccc1N=c1ssnc1Cl. The molecule has 0 bridgehead atoms. The third-order valence-electron chi connectivity index (χ3n) is 2.03. The van der Waals surface area contributed by atoms with Crippen LogP contribution in [0.1, 0.15) is 5.56 Å². The average Bonchev–Trinajstić information content (AvgIpc) is 2.66. The second-order valence-corrected chi connectivity index (χ2v) is 5.64. The number of ether oxygens (including phenoxy) is 1. The fraction of sp³-hybridized carbons (Fsp3) is 0.200. The van der Waals surface area contributed by atoms with Crippen LogP contribution in [0.3, 0.4) is 0 Å². The fourth-order valence-electron chi connectivity index (χ4n) is 1.28. The third kappa shape index (κ3) is 3.92. The Bertz CT molecular complexity index is 651. The molecule has 0 atom stereocenters. The number of alkyl halides is 3. The smallest absolute Gasteiger partial charge is 0.406 e. The zero-order valence-corrected chi connectivity index (χ0v) is 11.8. The summed E-state index contributed by atoms with van der Waals surface area (Å²) in [4.78, 5) is 4.24. The Balaban J connectivity index is 2.33. The maximum absolute atomic E-state index is 12.1. The second kappa shape index (κ2) is 5.48. The van der Waals surface area contributed by atoms with Gasteiger partial charge in [0.15, 0.2) is 9.82 Å². The van der Waals surface area contributed by atoms with E-state index in [4.69, 9.17) is 11.6 Å². The van der Waals surface area contributed by atoms with E-state index < -0.39 is 6.36 Å². The van der Waals surface area contributed by atoms with E-state index in [0.717, 1.165) is 0 Å². The number of aromatic nitrogens is 1. The van der Waals surface area contributed by atoms with Crippen molar-refractivity contribution in [1.29, 1.82) is 0 Å². The lowest BCUT2D eigenvalue weighted by Gasteiger charge is -2.09. The maximum Gasteiger partial charge on any atom is 0.573 e. The van der Waals surface area contributed by atoms with Crippen molar-refractivity contribution < 1.29 is 17.9 Å². The molecular formula is C10H6ClF3N2OS2. The van der Waals surface area contributed by atoms with Crippen LogP contribution >= 0.6 is 32.5 Å². The summed E-state index contributed by atoms with van der Waals surface area (Å²) in [5.41, 5.74) is 1.07. The highest BCUT2D eigenvalue weighted by Gasteiger charge is 2.31. The zero-order valence-electron chi connectivity index (χ0n) is 9.36. The second-order valence-electron chi connectivity index (χ2n) is 3.45. The topological polar surface area (TPSA) is 34.5 Å². The van der Waals surface area contributed by atoms with E-state index in [1.54, 1.807) is 6.92 Å². The molecule has 0 aliphatic rings. The van der Waals surface area contributed by atoms with Crippen molar-refractivity contribution in [1.82, 2.24) is 4.37 Å². The molecule has 2 rings (SSSR count). The molecule has 3 nitrogen and oxygen atoms in total. The van der Waals surface area contributed by atoms with Crippen LogP contribution in [-0.2, 0) is 0 Å². The molecule has 19 heavy (non-hydrogen) atoms. The first-order valence-electron chi connectivity index (χ1n) is 4.88. The van der Waals surface area contributed by atoms with Crippen molar-refractivity contribution in [2.24, 2.45) is 4.99 Å². The molecule has 0 unspecified atom stereocenters. The first-order valence-corrected chi connectivity index (χ1v) is 7.36. The van der Waals surface area contributed by atoms with E-state index >= 15 is 0 Å². The van der Waals surface area contributed by atoms with Crippen LogP contribution in [0.4, 0.5) is 18.9 Å². The summed E-state index contributed by atoms with van der Waals surface area (Å²) in [6.45, 7) is 1.64. The fourth-order valence-corrected chi connectivity index (χ4v) is 3.27. The van der Waals surface area contributed by atoms with Gasteiger partial charge >= 0.3 is 6.36 Å². The molecule has 1 aromatic heterocycles. The van der Waals surface area contributed by atoms with Gasteiger partial charge in [-0.2, -0.15) is 4.37 Å². The maximum atomic E-state index is 12.1. The van der Waals surface area contributed by atoms with E-state index in [1.807, 2.05) is 0 Å². The molecule has 0 spiro atoms. The lowest BCUT2D eigenvalue weighted by Crippen LogP contribution is -2.17. The van der Waals surface area contributed by atoms with Crippen molar-refractivity contribution in [2.75, 3.05) is 0 Å². The molecule has 0 amide bonds. The summed E-state index contributed by atoms with van der Waals surface area (Å²) in [5, 5.41) is 0.282. The predicted molar refractivity (Wildman–Crippen MR) is 68.1 cm³/mol. The first-order chi connectivity index (χ1) is 8.85. The Kier molecular flexibility index (Phi) is 4.12. The number of benzene rings is 1. The molecule has 9 heteroatoms. The number of hydrogen-bond acceptors (Lipinski definition) is 5. The van der Waals surface area contributed by atoms with Crippen LogP contribution in [0.25, 0.3) is 0 Å². The van der Waals surface area contributed by atoms with E-state index in [-0.39, 0.29) is 10.9 Å². The molecule has 2 aromatic rings. The Labute approximate surface area is 118 Å². The monoisotopic (exact) mass is 326 g/mol. The highest BCUT2D eigenvalue weighted by Crippen LogP contribution is 2.28. The van der Waals surface area contributed by atoms with E-state index in [2.05, 4.69) is 14.1 Å². The Morgan fingerprint density at radius 1 is 1.37 bits per heavy atom. The third-order valence-corrected chi connectivity index (χ3v) is 4.20. The van der Waals surface area contributed by atoms with Gasteiger partial charge in [0.1, 0.15) is 5.75 Å². The summed E-state index contributed by atoms with van der Waals surface area (Å²) in [7, 11) is 2.48. The Morgan fingerprint density at radius 2 is 2.11 bits per heavy atom. The molecule has 0 aliphatic heterocycles. The normalized spacial score (nSPS) is 12.8. The van der Waals surface area contributed by atoms with Gasteiger partial charge in [-0.3, -0.25) is 0 Å². The van der Waals surface area contributed by atoms with Gasteiger partial charge in [-0.25, -0.2) is 4.99 Å². The molecule has 0 fully saturated rings. The van der Waals surface area contributed by atoms with Crippen molar-refractivity contribution in [3.05, 3.63) is 33.6 Å². The van der Waals surface area contributed by atoms with Crippen LogP contribution in [-0.4, -0.2) is 10.7 Å². The van der Waals surface area contributed by atoms with Gasteiger partial charge in [0.25, 0.3) is 0 Å². The molecule has 0 aliphatic carbocycles. The van der Waals surface area contributed by atoms with E-state index in [0.29, 0.717) is 15.9 Å². The van der Waals surface area contributed by atoms with Crippen molar-refractivity contribution in [3.8, 4) is 5.75 Å². The van der Waals surface area contributed by atoms with Crippen LogP contribution in [0.5, 0.6) is 5.75 Å². The molecule has 0 N–H and O–H groups in total. The number of nitrogens with zero attached hydrogens (tertiary/aromatic N) is 2. The average molecular weight is 327 g/mol. The van der Waals surface area contributed by atoms with Crippen molar-refractivity contribution in [2.45, 2.75) is 13.3 Å². The quantitative estimate of drug-likeness (QED) is 0.771. The summed E-state index contributed by atoms with van der Waals surface area (Å²) in [5.74, 6) is -0.276. The van der Waals surface area contributed by atoms with Gasteiger partial charge in [-0.05, 0) is 41.0 Å². The lowest BCUT2D eigenvalue weighted by molar-refractivity contribution is -0.274. The van der Waals surface area contributed by atoms with Gasteiger partial charge in [-0.1, -0.05) is 11.6 Å².